The molecule has 2 rings (SSSR count). The number of hydrogen-bond donors (Lipinski definition) is 2. The van der Waals surface area contributed by atoms with Crippen LogP contribution in [0.5, 0.6) is 0 Å². The quantitative estimate of drug-likeness (QED) is 0.312. The van der Waals surface area contributed by atoms with Gasteiger partial charge in [-0.1, -0.05) is 17.7 Å². The van der Waals surface area contributed by atoms with Crippen molar-refractivity contribution in [3.63, 3.8) is 0 Å². The fourth-order valence-corrected chi connectivity index (χ4v) is 2.40. The number of hydrogen-bond acceptors (Lipinski definition) is 2. The zero-order chi connectivity index (χ0) is 16.7. The highest BCUT2D eigenvalue weighted by atomic mass is 127. The molecule has 24 heavy (non-hydrogen) atoms. The molecule has 1 aromatic rings. The first-order chi connectivity index (χ1) is 11.1. The molecule has 4 nitrogen and oxygen atoms in total. The second kappa shape index (κ2) is 10.6. The normalized spacial score (nSPS) is 16.0. The van der Waals surface area contributed by atoms with Crippen LogP contribution >= 0.6 is 24.0 Å². The fourth-order valence-electron chi connectivity index (χ4n) is 2.40. The lowest BCUT2D eigenvalue weighted by molar-refractivity contribution is 0.153. The Morgan fingerprint density at radius 1 is 1.33 bits per heavy atom. The average molecular weight is 451 g/mol. The summed E-state index contributed by atoms with van der Waals surface area (Å²) >= 11 is 0. The average Bonchev–Trinajstić information content (AvgIpc) is 2.57. The maximum atomic E-state index is 13.3. The SMILES string of the molecule is CN=C(NCCC1=CCOCC1)NC(C)c1ccc(F)c(F)c1.I. The molecule has 0 aliphatic carbocycles. The van der Waals surface area contributed by atoms with Crippen molar-refractivity contribution in [2.24, 2.45) is 4.99 Å². The molecule has 0 spiro atoms. The van der Waals surface area contributed by atoms with Gasteiger partial charge < -0.3 is 15.4 Å². The summed E-state index contributed by atoms with van der Waals surface area (Å²) in [5.41, 5.74) is 2.05. The number of halogens is 3. The van der Waals surface area contributed by atoms with E-state index >= 15 is 0 Å². The van der Waals surface area contributed by atoms with E-state index in [-0.39, 0.29) is 30.0 Å². The first kappa shape index (κ1) is 20.8. The first-order valence-electron chi connectivity index (χ1n) is 7.78. The summed E-state index contributed by atoms with van der Waals surface area (Å²) in [5, 5.41) is 6.41. The van der Waals surface area contributed by atoms with Crippen LogP contribution in [0.2, 0.25) is 0 Å². The molecule has 1 atom stereocenters. The van der Waals surface area contributed by atoms with E-state index in [0.29, 0.717) is 18.1 Å². The lowest BCUT2D eigenvalue weighted by Crippen LogP contribution is -2.39. The topological polar surface area (TPSA) is 45.7 Å². The number of ether oxygens (including phenoxy) is 1. The Labute approximate surface area is 158 Å². The van der Waals surface area contributed by atoms with Gasteiger partial charge in [-0.15, -0.1) is 24.0 Å². The van der Waals surface area contributed by atoms with Crippen LogP contribution in [-0.4, -0.2) is 32.8 Å². The molecule has 0 fully saturated rings. The van der Waals surface area contributed by atoms with Gasteiger partial charge in [0.1, 0.15) is 0 Å². The van der Waals surface area contributed by atoms with E-state index in [1.165, 1.54) is 11.6 Å². The van der Waals surface area contributed by atoms with Crippen molar-refractivity contribution in [1.29, 1.82) is 0 Å². The van der Waals surface area contributed by atoms with Crippen LogP contribution in [0.4, 0.5) is 8.78 Å². The highest BCUT2D eigenvalue weighted by Crippen LogP contribution is 2.16. The minimum atomic E-state index is -0.842. The Morgan fingerprint density at radius 3 is 2.75 bits per heavy atom. The molecule has 2 N–H and O–H groups in total. The smallest absolute Gasteiger partial charge is 0.191 e. The van der Waals surface area contributed by atoms with Gasteiger partial charge in [-0.2, -0.15) is 0 Å². The highest BCUT2D eigenvalue weighted by molar-refractivity contribution is 14.0. The van der Waals surface area contributed by atoms with Crippen molar-refractivity contribution in [1.82, 2.24) is 10.6 Å². The Hall–Kier alpha value is -1.22. The molecule has 0 saturated carbocycles. The van der Waals surface area contributed by atoms with Crippen LogP contribution in [0.1, 0.15) is 31.4 Å². The van der Waals surface area contributed by atoms with Crippen LogP contribution in [0.15, 0.2) is 34.8 Å². The second-order valence-corrected chi connectivity index (χ2v) is 5.48. The molecular formula is C17H24F2IN3O. The van der Waals surface area contributed by atoms with Crippen molar-refractivity contribution >= 4 is 29.9 Å². The third-order valence-corrected chi connectivity index (χ3v) is 3.82. The fraction of sp³-hybridized carbons (Fsp3) is 0.471. The molecule has 0 bridgehead atoms. The van der Waals surface area contributed by atoms with Crippen molar-refractivity contribution in [3.05, 3.63) is 47.0 Å². The molecule has 1 aliphatic heterocycles. The van der Waals surface area contributed by atoms with E-state index < -0.39 is 11.6 Å². The lowest BCUT2D eigenvalue weighted by Gasteiger charge is -2.19. The monoisotopic (exact) mass is 451 g/mol. The van der Waals surface area contributed by atoms with Crippen molar-refractivity contribution < 1.29 is 13.5 Å². The molecule has 1 aromatic carbocycles. The zero-order valence-electron chi connectivity index (χ0n) is 13.9. The largest absolute Gasteiger partial charge is 0.377 e. The Kier molecular flexibility index (Phi) is 9.20. The number of nitrogens with zero attached hydrogens (tertiary/aromatic N) is 1. The van der Waals surface area contributed by atoms with Gasteiger partial charge >= 0.3 is 0 Å². The predicted molar refractivity (Wildman–Crippen MR) is 103 cm³/mol. The van der Waals surface area contributed by atoms with Crippen molar-refractivity contribution in [3.8, 4) is 0 Å². The number of aliphatic imine (C=N–C) groups is 1. The summed E-state index contributed by atoms with van der Waals surface area (Å²) in [6.07, 6.45) is 4.02. The summed E-state index contributed by atoms with van der Waals surface area (Å²) in [6, 6.07) is 3.72. The molecule has 1 aliphatic rings. The third-order valence-electron chi connectivity index (χ3n) is 3.82. The molecular weight excluding hydrogens is 427 g/mol. The van der Waals surface area contributed by atoms with E-state index in [9.17, 15) is 8.78 Å². The number of guanidine groups is 1. The van der Waals surface area contributed by atoms with Crippen molar-refractivity contribution in [2.45, 2.75) is 25.8 Å². The van der Waals surface area contributed by atoms with E-state index in [4.69, 9.17) is 4.74 Å². The van der Waals surface area contributed by atoms with Crippen LogP contribution in [0.3, 0.4) is 0 Å². The third kappa shape index (κ3) is 6.35. The Bertz CT molecular complexity index is 593. The van der Waals surface area contributed by atoms with Gasteiger partial charge in [-0.05, 0) is 37.5 Å². The van der Waals surface area contributed by atoms with Gasteiger partial charge in [0.05, 0.1) is 19.3 Å². The van der Waals surface area contributed by atoms with E-state index in [1.807, 2.05) is 6.92 Å². The van der Waals surface area contributed by atoms with Crippen LogP contribution in [-0.2, 0) is 4.74 Å². The molecule has 0 aromatic heterocycles. The zero-order valence-corrected chi connectivity index (χ0v) is 16.3. The number of rotatable bonds is 5. The van der Waals surface area contributed by atoms with E-state index in [1.54, 1.807) is 13.1 Å². The van der Waals surface area contributed by atoms with Gasteiger partial charge in [0, 0.05) is 13.6 Å². The summed E-state index contributed by atoms with van der Waals surface area (Å²) in [4.78, 5) is 4.16. The first-order valence-corrected chi connectivity index (χ1v) is 7.78. The van der Waals surface area contributed by atoms with Crippen LogP contribution in [0.25, 0.3) is 0 Å². The van der Waals surface area contributed by atoms with Gasteiger partial charge in [0.15, 0.2) is 17.6 Å². The maximum absolute atomic E-state index is 13.3. The summed E-state index contributed by atoms with van der Waals surface area (Å²) in [6.45, 7) is 4.11. The molecule has 0 saturated heterocycles. The van der Waals surface area contributed by atoms with Gasteiger partial charge in [-0.3, -0.25) is 4.99 Å². The van der Waals surface area contributed by atoms with Gasteiger partial charge in [-0.25, -0.2) is 8.78 Å². The lowest BCUT2D eigenvalue weighted by atomic mass is 10.1. The molecule has 134 valence electrons. The molecule has 1 unspecified atom stereocenters. The Balaban J connectivity index is 0.00000288. The Morgan fingerprint density at radius 2 is 2.12 bits per heavy atom. The van der Waals surface area contributed by atoms with Crippen LogP contribution in [0, 0.1) is 11.6 Å². The molecule has 0 radical (unpaired) electrons. The number of nitrogens with one attached hydrogen (secondary N) is 2. The second-order valence-electron chi connectivity index (χ2n) is 5.48. The summed E-state index contributed by atoms with van der Waals surface area (Å²) in [5.74, 6) is -1.05. The molecule has 7 heteroatoms. The molecule has 0 amide bonds. The highest BCUT2D eigenvalue weighted by Gasteiger charge is 2.11. The van der Waals surface area contributed by atoms with E-state index in [0.717, 1.165) is 32.1 Å². The summed E-state index contributed by atoms with van der Waals surface area (Å²) in [7, 11) is 1.68. The van der Waals surface area contributed by atoms with Gasteiger partial charge in [0.2, 0.25) is 0 Å². The molecule has 1 heterocycles. The van der Waals surface area contributed by atoms with Crippen LogP contribution < -0.4 is 10.6 Å². The maximum Gasteiger partial charge on any atom is 0.191 e. The number of benzene rings is 1. The van der Waals surface area contributed by atoms with E-state index in [2.05, 4.69) is 21.7 Å². The minimum absolute atomic E-state index is 0. The summed E-state index contributed by atoms with van der Waals surface area (Å²) < 4.78 is 31.6. The minimum Gasteiger partial charge on any atom is -0.377 e. The predicted octanol–water partition coefficient (Wildman–Crippen LogP) is 3.55. The van der Waals surface area contributed by atoms with Crippen molar-refractivity contribution in [2.75, 3.05) is 26.8 Å². The standard InChI is InChI=1S/C17H23F2N3O.HI/c1-12(14-3-4-15(18)16(19)11-14)22-17(20-2)21-8-5-13-6-9-23-10-7-13;/h3-4,6,11-12H,5,7-10H2,1-2H3,(H2,20,21,22);1H. The van der Waals surface area contributed by atoms with Gasteiger partial charge in [0.25, 0.3) is 0 Å².